The Morgan fingerprint density at radius 3 is 2.56 bits per heavy atom. The molecule has 3 N–H and O–H groups in total. The minimum atomic E-state index is -0.289. The topological polar surface area (TPSA) is 55.1 Å². The van der Waals surface area contributed by atoms with E-state index in [9.17, 15) is 4.79 Å². The van der Waals surface area contributed by atoms with Crippen molar-refractivity contribution in [2.24, 2.45) is 5.73 Å². The molecule has 2 unspecified atom stereocenters. The van der Waals surface area contributed by atoms with Crippen LogP contribution < -0.4 is 11.1 Å². The van der Waals surface area contributed by atoms with Gasteiger partial charge in [0.25, 0.3) is 0 Å². The van der Waals surface area contributed by atoms with Crippen LogP contribution in [0.15, 0.2) is 24.3 Å². The quantitative estimate of drug-likeness (QED) is 0.796. The predicted molar refractivity (Wildman–Crippen MR) is 66.0 cm³/mol. The van der Waals surface area contributed by atoms with E-state index in [4.69, 9.17) is 5.73 Å². The maximum absolute atomic E-state index is 11.1. The van der Waals surface area contributed by atoms with Crippen molar-refractivity contribution in [3.63, 3.8) is 0 Å². The van der Waals surface area contributed by atoms with Gasteiger partial charge in [-0.3, -0.25) is 10.1 Å². The Balaban J connectivity index is 2.75. The molecule has 3 heteroatoms. The van der Waals surface area contributed by atoms with Crippen LogP contribution in [0.5, 0.6) is 0 Å². The smallest absolute Gasteiger partial charge is 0.234 e. The van der Waals surface area contributed by atoms with Crippen LogP contribution >= 0.6 is 0 Å². The lowest BCUT2D eigenvalue weighted by Gasteiger charge is -2.21. The molecule has 1 amide bonds. The highest BCUT2D eigenvalue weighted by Gasteiger charge is 2.16. The van der Waals surface area contributed by atoms with Gasteiger partial charge in [-0.25, -0.2) is 0 Å². The van der Waals surface area contributed by atoms with Crippen LogP contribution in [-0.2, 0) is 4.79 Å². The zero-order chi connectivity index (χ0) is 12.1. The van der Waals surface area contributed by atoms with Crippen molar-refractivity contribution in [3.05, 3.63) is 35.4 Å². The Morgan fingerprint density at radius 2 is 2.06 bits per heavy atom. The van der Waals surface area contributed by atoms with Gasteiger partial charge in [-0.05, 0) is 31.4 Å². The molecule has 0 bridgehead atoms. The van der Waals surface area contributed by atoms with Gasteiger partial charge in [-0.1, -0.05) is 31.2 Å². The van der Waals surface area contributed by atoms with Crippen LogP contribution in [0.4, 0.5) is 0 Å². The van der Waals surface area contributed by atoms with E-state index in [1.165, 1.54) is 11.1 Å². The number of carbonyl (C=O) groups is 1. The molecule has 0 saturated heterocycles. The number of nitrogens with two attached hydrogens (primary N) is 1. The van der Waals surface area contributed by atoms with Crippen LogP contribution in [0.3, 0.4) is 0 Å². The van der Waals surface area contributed by atoms with E-state index in [1.54, 1.807) is 0 Å². The van der Waals surface area contributed by atoms with Crippen molar-refractivity contribution in [2.45, 2.75) is 39.3 Å². The number of hydrogen-bond donors (Lipinski definition) is 2. The summed E-state index contributed by atoms with van der Waals surface area (Å²) in [7, 11) is 0. The van der Waals surface area contributed by atoms with Gasteiger partial charge >= 0.3 is 0 Å². The van der Waals surface area contributed by atoms with Gasteiger partial charge < -0.3 is 5.73 Å². The highest BCUT2D eigenvalue weighted by Crippen LogP contribution is 2.17. The van der Waals surface area contributed by atoms with Gasteiger partial charge in [0.2, 0.25) is 5.91 Å². The summed E-state index contributed by atoms with van der Waals surface area (Å²) in [6, 6.07) is 8.04. The number of carbonyl (C=O) groups excluding carboxylic acids is 1. The van der Waals surface area contributed by atoms with Crippen molar-refractivity contribution in [3.8, 4) is 0 Å². The highest BCUT2D eigenvalue weighted by molar-refractivity contribution is 5.79. The minimum Gasteiger partial charge on any atom is -0.368 e. The Labute approximate surface area is 97.0 Å². The molecule has 0 saturated carbocycles. The van der Waals surface area contributed by atoms with Gasteiger partial charge in [-0.2, -0.15) is 0 Å². The maximum Gasteiger partial charge on any atom is 0.234 e. The summed E-state index contributed by atoms with van der Waals surface area (Å²) < 4.78 is 0. The molecule has 88 valence electrons. The lowest BCUT2D eigenvalue weighted by molar-refractivity contribution is -0.120. The van der Waals surface area contributed by atoms with E-state index in [2.05, 4.69) is 24.4 Å². The van der Waals surface area contributed by atoms with E-state index in [0.717, 1.165) is 0 Å². The Morgan fingerprint density at radius 1 is 1.44 bits per heavy atom. The fraction of sp³-hybridized carbons (Fsp3) is 0.462. The average Bonchev–Trinajstić information content (AvgIpc) is 2.25. The third kappa shape index (κ3) is 3.07. The molecule has 0 heterocycles. The first-order valence-electron chi connectivity index (χ1n) is 5.67. The second-order valence-electron chi connectivity index (χ2n) is 4.11. The SMILES string of the molecule is CCC(NC(C)c1ccccc1C)C(N)=O. The van der Waals surface area contributed by atoms with Crippen LogP contribution in [0.1, 0.15) is 37.4 Å². The van der Waals surface area contributed by atoms with Gasteiger partial charge in [0.05, 0.1) is 6.04 Å². The zero-order valence-electron chi connectivity index (χ0n) is 10.2. The summed E-state index contributed by atoms with van der Waals surface area (Å²) in [5, 5.41) is 3.25. The molecule has 1 rings (SSSR count). The average molecular weight is 220 g/mol. The van der Waals surface area contributed by atoms with Crippen molar-refractivity contribution < 1.29 is 4.79 Å². The monoisotopic (exact) mass is 220 g/mol. The lowest BCUT2D eigenvalue weighted by atomic mass is 10.0. The molecule has 0 fully saturated rings. The fourth-order valence-corrected chi connectivity index (χ4v) is 1.87. The number of benzene rings is 1. The second kappa shape index (κ2) is 5.66. The number of hydrogen-bond acceptors (Lipinski definition) is 2. The molecule has 0 aliphatic carbocycles. The highest BCUT2D eigenvalue weighted by atomic mass is 16.1. The third-order valence-corrected chi connectivity index (χ3v) is 2.86. The number of aryl methyl sites for hydroxylation is 1. The molecule has 1 aromatic rings. The Kier molecular flexibility index (Phi) is 4.50. The number of nitrogens with one attached hydrogen (secondary N) is 1. The molecular formula is C13H20N2O. The molecule has 2 atom stereocenters. The summed E-state index contributed by atoms with van der Waals surface area (Å²) in [5.74, 6) is -0.289. The van der Waals surface area contributed by atoms with Crippen molar-refractivity contribution in [1.82, 2.24) is 5.32 Å². The second-order valence-corrected chi connectivity index (χ2v) is 4.11. The van der Waals surface area contributed by atoms with Gasteiger partial charge in [0, 0.05) is 6.04 Å². The number of amides is 1. The van der Waals surface area contributed by atoms with Gasteiger partial charge in [0.15, 0.2) is 0 Å². The van der Waals surface area contributed by atoms with Crippen molar-refractivity contribution in [2.75, 3.05) is 0 Å². The molecule has 0 spiro atoms. The summed E-state index contributed by atoms with van der Waals surface area (Å²) >= 11 is 0. The van der Waals surface area contributed by atoms with Crippen molar-refractivity contribution in [1.29, 1.82) is 0 Å². The molecular weight excluding hydrogens is 200 g/mol. The summed E-state index contributed by atoms with van der Waals surface area (Å²) in [4.78, 5) is 11.1. The summed E-state index contributed by atoms with van der Waals surface area (Å²) in [5.41, 5.74) is 7.74. The minimum absolute atomic E-state index is 0.138. The molecule has 0 aliphatic rings. The zero-order valence-corrected chi connectivity index (χ0v) is 10.2. The first kappa shape index (κ1) is 12.7. The molecule has 1 aromatic carbocycles. The van der Waals surface area contributed by atoms with Crippen LogP contribution in [0.25, 0.3) is 0 Å². The Hall–Kier alpha value is -1.35. The number of rotatable bonds is 5. The summed E-state index contributed by atoms with van der Waals surface area (Å²) in [6.45, 7) is 6.07. The van der Waals surface area contributed by atoms with Gasteiger partial charge in [-0.15, -0.1) is 0 Å². The van der Waals surface area contributed by atoms with E-state index in [-0.39, 0.29) is 18.0 Å². The van der Waals surface area contributed by atoms with E-state index >= 15 is 0 Å². The van der Waals surface area contributed by atoms with Crippen LogP contribution in [-0.4, -0.2) is 11.9 Å². The molecule has 3 nitrogen and oxygen atoms in total. The lowest BCUT2D eigenvalue weighted by Crippen LogP contribution is -2.42. The largest absolute Gasteiger partial charge is 0.368 e. The molecule has 16 heavy (non-hydrogen) atoms. The summed E-state index contributed by atoms with van der Waals surface area (Å²) in [6.07, 6.45) is 0.714. The third-order valence-electron chi connectivity index (χ3n) is 2.86. The molecule has 0 radical (unpaired) electrons. The van der Waals surface area contributed by atoms with Crippen LogP contribution in [0, 0.1) is 6.92 Å². The first-order valence-corrected chi connectivity index (χ1v) is 5.67. The normalized spacial score (nSPS) is 14.4. The first-order chi connectivity index (χ1) is 7.56. The van der Waals surface area contributed by atoms with Crippen molar-refractivity contribution >= 4 is 5.91 Å². The predicted octanol–water partition coefficient (Wildman–Crippen LogP) is 1.91. The van der Waals surface area contributed by atoms with Gasteiger partial charge in [0.1, 0.15) is 0 Å². The fourth-order valence-electron chi connectivity index (χ4n) is 1.87. The number of primary amides is 1. The molecule has 0 aliphatic heterocycles. The van der Waals surface area contributed by atoms with Crippen LogP contribution in [0.2, 0.25) is 0 Å². The van der Waals surface area contributed by atoms with E-state index in [1.807, 2.05) is 26.0 Å². The Bertz CT molecular complexity index is 363. The molecule has 0 aromatic heterocycles. The maximum atomic E-state index is 11.1. The standard InChI is InChI=1S/C13H20N2O/c1-4-12(13(14)16)15-10(3)11-8-6-5-7-9(11)2/h5-8,10,12,15H,4H2,1-3H3,(H2,14,16). The van der Waals surface area contributed by atoms with E-state index in [0.29, 0.717) is 6.42 Å². The van der Waals surface area contributed by atoms with E-state index < -0.39 is 0 Å².